The van der Waals surface area contributed by atoms with Crippen LogP contribution in [0.3, 0.4) is 0 Å². The number of aromatic nitrogens is 2. The van der Waals surface area contributed by atoms with Gasteiger partial charge in [0.15, 0.2) is 12.5 Å². The van der Waals surface area contributed by atoms with Crippen molar-refractivity contribution < 1.29 is 19.0 Å². The van der Waals surface area contributed by atoms with Crippen molar-refractivity contribution in [1.29, 1.82) is 0 Å². The van der Waals surface area contributed by atoms with Crippen LogP contribution in [0.1, 0.15) is 57.2 Å². The van der Waals surface area contributed by atoms with E-state index in [-0.39, 0.29) is 19.2 Å². The van der Waals surface area contributed by atoms with Crippen molar-refractivity contribution in [3.63, 3.8) is 0 Å². The molecule has 2 heterocycles. The Morgan fingerprint density at radius 2 is 2.08 bits per heavy atom. The van der Waals surface area contributed by atoms with E-state index in [1.807, 2.05) is 0 Å². The molecule has 1 aliphatic heterocycles. The van der Waals surface area contributed by atoms with E-state index in [1.165, 1.54) is 23.6 Å². The summed E-state index contributed by atoms with van der Waals surface area (Å²) in [6.07, 6.45) is 5.78. The molecule has 140 valence electrons. The van der Waals surface area contributed by atoms with Crippen molar-refractivity contribution in [3.8, 4) is 0 Å². The molecule has 1 saturated heterocycles. The number of nitrogens with zero attached hydrogens (tertiary/aromatic N) is 1. The first-order valence-electron chi connectivity index (χ1n) is 8.76. The molecule has 0 amide bonds. The zero-order valence-corrected chi connectivity index (χ0v) is 14.8. The third-order valence-electron chi connectivity index (χ3n) is 4.05. The molecule has 1 N–H and O–H groups in total. The number of aryl methyl sites for hydroxylation is 1. The van der Waals surface area contributed by atoms with Gasteiger partial charge in [0, 0.05) is 18.2 Å². The summed E-state index contributed by atoms with van der Waals surface area (Å²) in [4.78, 5) is 37.1. The third kappa shape index (κ3) is 5.82. The average molecular weight is 354 g/mol. The maximum absolute atomic E-state index is 11.8. The van der Waals surface area contributed by atoms with E-state index in [1.54, 1.807) is 6.92 Å². The minimum Gasteiger partial charge on any atom is -0.460 e. The quantitative estimate of drug-likeness (QED) is 0.534. The van der Waals surface area contributed by atoms with Crippen LogP contribution in [0.5, 0.6) is 0 Å². The van der Waals surface area contributed by atoms with Gasteiger partial charge in [-0.2, -0.15) is 0 Å². The molecule has 1 fully saturated rings. The average Bonchev–Trinajstić information content (AvgIpc) is 3.05. The van der Waals surface area contributed by atoms with Gasteiger partial charge in [0.1, 0.15) is 6.61 Å². The second kappa shape index (κ2) is 9.53. The molecule has 25 heavy (non-hydrogen) atoms. The molecule has 1 aromatic rings. The Kier molecular flexibility index (Phi) is 7.39. The highest BCUT2D eigenvalue weighted by Crippen LogP contribution is 2.19. The fourth-order valence-corrected chi connectivity index (χ4v) is 2.58. The zero-order chi connectivity index (χ0) is 18.2. The summed E-state index contributed by atoms with van der Waals surface area (Å²) in [7, 11) is 0. The molecule has 8 heteroatoms. The Hall–Kier alpha value is -1.93. The summed E-state index contributed by atoms with van der Waals surface area (Å²) in [5.74, 6) is -0.274. The molecule has 0 unspecified atom stereocenters. The third-order valence-corrected chi connectivity index (χ3v) is 4.05. The number of nitrogens with one attached hydrogen (secondary N) is 1. The van der Waals surface area contributed by atoms with Crippen LogP contribution in [0, 0.1) is 6.92 Å². The van der Waals surface area contributed by atoms with Gasteiger partial charge in [-0.3, -0.25) is 19.1 Å². The molecule has 0 aromatic carbocycles. The van der Waals surface area contributed by atoms with Gasteiger partial charge in [0.05, 0.1) is 6.61 Å². The van der Waals surface area contributed by atoms with Gasteiger partial charge >= 0.3 is 11.7 Å². The Balaban J connectivity index is 1.74. The van der Waals surface area contributed by atoms with Gasteiger partial charge in [0.25, 0.3) is 5.56 Å². The Bertz CT molecular complexity index is 680. The van der Waals surface area contributed by atoms with E-state index in [0.717, 1.165) is 19.3 Å². The second-order valence-electron chi connectivity index (χ2n) is 6.18. The molecule has 0 spiro atoms. The summed E-state index contributed by atoms with van der Waals surface area (Å²) in [5.41, 5.74) is -0.584. The number of esters is 1. The maximum atomic E-state index is 11.8. The minimum absolute atomic E-state index is 0.0125. The monoisotopic (exact) mass is 354 g/mol. The van der Waals surface area contributed by atoms with Gasteiger partial charge < -0.3 is 14.2 Å². The van der Waals surface area contributed by atoms with Crippen molar-refractivity contribution in [1.82, 2.24) is 9.55 Å². The van der Waals surface area contributed by atoms with E-state index >= 15 is 0 Å². The zero-order valence-electron chi connectivity index (χ0n) is 14.8. The molecule has 0 aliphatic carbocycles. The molecule has 1 aromatic heterocycles. The van der Waals surface area contributed by atoms with Crippen LogP contribution in [-0.2, 0) is 19.0 Å². The van der Waals surface area contributed by atoms with Gasteiger partial charge in [-0.1, -0.05) is 32.6 Å². The molecule has 2 atom stereocenters. The van der Waals surface area contributed by atoms with Crippen LogP contribution >= 0.6 is 0 Å². The fourth-order valence-electron chi connectivity index (χ4n) is 2.58. The summed E-state index contributed by atoms with van der Waals surface area (Å²) in [5, 5.41) is 0. The standard InChI is InChI=1S/C17H26N2O6/c1-3-4-5-6-7-8-14(20)23-11-15-24-10-13(25-15)19-9-12(2)16(21)18-17(19)22/h9,13,15H,3-8,10-11H2,1-2H3,(H,18,21,22)/t13-,15+/m1/s1. The highest BCUT2D eigenvalue weighted by molar-refractivity contribution is 5.69. The smallest absolute Gasteiger partial charge is 0.330 e. The lowest BCUT2D eigenvalue weighted by Gasteiger charge is -2.14. The Morgan fingerprint density at radius 1 is 1.32 bits per heavy atom. The second-order valence-corrected chi connectivity index (χ2v) is 6.18. The summed E-state index contributed by atoms with van der Waals surface area (Å²) in [6, 6.07) is 0. The van der Waals surface area contributed by atoms with Crippen molar-refractivity contribution >= 4 is 5.97 Å². The van der Waals surface area contributed by atoms with Crippen LogP contribution in [-0.4, -0.2) is 35.0 Å². The number of hydrogen-bond acceptors (Lipinski definition) is 6. The predicted octanol–water partition coefficient (Wildman–Crippen LogP) is 1.62. The normalized spacial score (nSPS) is 19.9. The van der Waals surface area contributed by atoms with E-state index < -0.39 is 23.8 Å². The number of carbonyl (C=O) groups excluding carboxylic acids is 1. The lowest BCUT2D eigenvalue weighted by molar-refractivity contribution is -0.159. The van der Waals surface area contributed by atoms with Crippen LogP contribution in [0.15, 0.2) is 15.8 Å². The van der Waals surface area contributed by atoms with E-state index in [2.05, 4.69) is 11.9 Å². The van der Waals surface area contributed by atoms with Gasteiger partial charge in [-0.15, -0.1) is 0 Å². The lowest BCUT2D eigenvalue weighted by Crippen LogP contribution is -2.34. The lowest BCUT2D eigenvalue weighted by atomic mass is 10.1. The highest BCUT2D eigenvalue weighted by atomic mass is 16.7. The Labute approximate surface area is 146 Å². The number of hydrogen-bond donors (Lipinski definition) is 1. The van der Waals surface area contributed by atoms with E-state index in [9.17, 15) is 14.4 Å². The molecular weight excluding hydrogens is 328 g/mol. The summed E-state index contributed by atoms with van der Waals surface area (Å²) in [6.45, 7) is 3.88. The predicted molar refractivity (Wildman–Crippen MR) is 90.3 cm³/mol. The van der Waals surface area contributed by atoms with Crippen molar-refractivity contribution in [2.24, 2.45) is 0 Å². The van der Waals surface area contributed by atoms with Crippen LogP contribution < -0.4 is 11.2 Å². The summed E-state index contributed by atoms with van der Waals surface area (Å²) >= 11 is 0. The van der Waals surface area contributed by atoms with Crippen molar-refractivity contribution in [2.75, 3.05) is 13.2 Å². The van der Waals surface area contributed by atoms with E-state index in [0.29, 0.717) is 12.0 Å². The molecule has 1 aliphatic rings. The fraction of sp³-hybridized carbons (Fsp3) is 0.706. The number of carbonyl (C=O) groups is 1. The SMILES string of the molecule is CCCCCCCC(=O)OC[C@H]1OC[C@H](n2cc(C)c(=O)[nH]c2=O)O1. The molecule has 0 bridgehead atoms. The molecule has 0 saturated carbocycles. The van der Waals surface area contributed by atoms with Crippen LogP contribution in [0.2, 0.25) is 0 Å². The number of ether oxygens (including phenoxy) is 3. The number of rotatable bonds is 9. The minimum atomic E-state index is -0.715. The van der Waals surface area contributed by atoms with Crippen LogP contribution in [0.25, 0.3) is 0 Å². The molecule has 0 radical (unpaired) electrons. The first-order chi connectivity index (χ1) is 12.0. The molecule has 2 rings (SSSR count). The van der Waals surface area contributed by atoms with Gasteiger partial charge in [0.2, 0.25) is 0 Å². The van der Waals surface area contributed by atoms with Gasteiger partial charge in [-0.25, -0.2) is 4.79 Å². The maximum Gasteiger partial charge on any atom is 0.330 e. The number of aromatic amines is 1. The molecular formula is C17H26N2O6. The van der Waals surface area contributed by atoms with Gasteiger partial charge in [-0.05, 0) is 13.3 Å². The van der Waals surface area contributed by atoms with Crippen LogP contribution in [0.4, 0.5) is 0 Å². The Morgan fingerprint density at radius 3 is 2.84 bits per heavy atom. The largest absolute Gasteiger partial charge is 0.460 e. The highest BCUT2D eigenvalue weighted by Gasteiger charge is 2.29. The van der Waals surface area contributed by atoms with Crippen molar-refractivity contribution in [3.05, 3.63) is 32.6 Å². The summed E-state index contributed by atoms with van der Waals surface area (Å²) < 4.78 is 17.4. The number of H-pyrrole nitrogens is 1. The first-order valence-corrected chi connectivity index (χ1v) is 8.76. The molecule has 8 nitrogen and oxygen atoms in total. The topological polar surface area (TPSA) is 99.6 Å². The first kappa shape index (κ1) is 19.4. The van der Waals surface area contributed by atoms with E-state index in [4.69, 9.17) is 14.2 Å². The number of unbranched alkanes of at least 4 members (excludes halogenated alkanes) is 4. The van der Waals surface area contributed by atoms with Crippen molar-refractivity contribution in [2.45, 2.75) is 64.9 Å².